The van der Waals surface area contributed by atoms with E-state index >= 15 is 0 Å². The van der Waals surface area contributed by atoms with E-state index in [1.165, 1.54) is 12.8 Å². The summed E-state index contributed by atoms with van der Waals surface area (Å²) < 4.78 is 0. The largest absolute Gasteiger partial charge is 0.353 e. The average molecular weight is 271 g/mol. The van der Waals surface area contributed by atoms with Crippen molar-refractivity contribution in [3.63, 3.8) is 0 Å². The Morgan fingerprint density at radius 2 is 2.05 bits per heavy atom. The number of para-hydroxylation sites is 1. The average Bonchev–Trinajstić information content (AvgIpc) is 2.49. The second kappa shape index (κ2) is 5.25. The van der Waals surface area contributed by atoms with Crippen molar-refractivity contribution in [2.45, 2.75) is 32.7 Å². The van der Waals surface area contributed by atoms with Gasteiger partial charge in [-0.1, -0.05) is 19.1 Å². The van der Waals surface area contributed by atoms with Crippen molar-refractivity contribution in [2.24, 2.45) is 11.8 Å². The lowest BCUT2D eigenvalue weighted by atomic mass is 9.92. The highest BCUT2D eigenvalue weighted by Gasteiger charge is 2.27. The Balaban J connectivity index is 2.13. The van der Waals surface area contributed by atoms with Gasteiger partial charge in [0.05, 0.1) is 5.52 Å². The van der Waals surface area contributed by atoms with Crippen LogP contribution in [0.5, 0.6) is 0 Å². The lowest BCUT2D eigenvalue weighted by Crippen LogP contribution is -2.43. The van der Waals surface area contributed by atoms with Gasteiger partial charge in [0.2, 0.25) is 5.95 Å². The summed E-state index contributed by atoms with van der Waals surface area (Å²) in [7, 11) is 0. The third-order valence-corrected chi connectivity index (χ3v) is 4.36. The zero-order valence-electron chi connectivity index (χ0n) is 12.0. The van der Waals surface area contributed by atoms with Crippen LogP contribution in [0.4, 0.5) is 11.8 Å². The molecule has 3 N–H and O–H groups in total. The monoisotopic (exact) mass is 271 g/mol. The summed E-state index contributed by atoms with van der Waals surface area (Å²) in [5, 5.41) is 1.09. The van der Waals surface area contributed by atoms with Crippen LogP contribution in [0, 0.1) is 5.92 Å². The van der Waals surface area contributed by atoms with Crippen LogP contribution >= 0.6 is 0 Å². The van der Waals surface area contributed by atoms with E-state index < -0.39 is 0 Å². The van der Waals surface area contributed by atoms with Crippen molar-refractivity contribution in [1.29, 1.82) is 0 Å². The molecule has 1 aromatic carbocycles. The lowest BCUT2D eigenvalue weighted by molar-refractivity contribution is 0.362. The zero-order valence-corrected chi connectivity index (χ0v) is 12.0. The topological polar surface area (TPSA) is 67.1 Å². The maximum Gasteiger partial charge on any atom is 0.239 e. The Bertz CT molecular complexity index is 612. The Hall–Kier alpha value is -1.88. The molecule has 5 nitrogen and oxygen atoms in total. The Morgan fingerprint density at radius 3 is 2.85 bits per heavy atom. The summed E-state index contributed by atoms with van der Waals surface area (Å²) in [6.45, 7) is 5.62. The normalized spacial score (nSPS) is 23.1. The predicted molar refractivity (Wildman–Crippen MR) is 82.6 cm³/mol. The van der Waals surface area contributed by atoms with E-state index in [0.29, 0.717) is 17.9 Å². The summed E-state index contributed by atoms with van der Waals surface area (Å²) in [6, 6.07) is 8.58. The molecule has 0 radical (unpaired) electrons. The van der Waals surface area contributed by atoms with E-state index in [1.54, 1.807) is 0 Å². The molecule has 20 heavy (non-hydrogen) atoms. The van der Waals surface area contributed by atoms with E-state index in [-0.39, 0.29) is 0 Å². The number of nitrogens with zero attached hydrogens (tertiary/aromatic N) is 3. The highest BCUT2D eigenvalue weighted by atomic mass is 15.3. The van der Waals surface area contributed by atoms with Crippen LogP contribution in [-0.2, 0) is 0 Å². The van der Waals surface area contributed by atoms with E-state index in [0.717, 1.165) is 23.3 Å². The number of hydrogen-bond acceptors (Lipinski definition) is 5. The number of benzene rings is 1. The molecule has 1 aliphatic heterocycles. The molecule has 1 aromatic heterocycles. The standard InChI is InChI=1S/C15H21N5/c1-10-6-5-9-20(11(10)2)14-12-7-3-4-8-13(12)17-15(18-14)19-16/h3-4,7-8,10-11H,5-6,9,16H2,1-2H3,(H,17,18,19). The fourth-order valence-corrected chi connectivity index (χ4v) is 2.98. The minimum Gasteiger partial charge on any atom is -0.353 e. The lowest BCUT2D eigenvalue weighted by Gasteiger charge is -2.39. The first kappa shape index (κ1) is 13.1. The molecular formula is C15H21N5. The van der Waals surface area contributed by atoms with Crippen LogP contribution < -0.4 is 16.2 Å². The van der Waals surface area contributed by atoms with Crippen LogP contribution in [0.15, 0.2) is 24.3 Å². The molecule has 2 heterocycles. The Kier molecular flexibility index (Phi) is 3.44. The number of fused-ring (bicyclic) bond motifs is 1. The number of piperidine rings is 1. The van der Waals surface area contributed by atoms with E-state index in [2.05, 4.69) is 40.2 Å². The highest BCUT2D eigenvalue weighted by Crippen LogP contribution is 2.32. The maximum absolute atomic E-state index is 5.51. The molecule has 3 rings (SSSR count). The van der Waals surface area contributed by atoms with Crippen molar-refractivity contribution in [2.75, 3.05) is 16.9 Å². The first-order valence-corrected chi connectivity index (χ1v) is 7.20. The number of aromatic nitrogens is 2. The summed E-state index contributed by atoms with van der Waals surface area (Å²) in [6.07, 6.45) is 2.48. The van der Waals surface area contributed by atoms with Crippen LogP contribution in [0.2, 0.25) is 0 Å². The third-order valence-electron chi connectivity index (χ3n) is 4.36. The van der Waals surface area contributed by atoms with E-state index in [9.17, 15) is 0 Å². The van der Waals surface area contributed by atoms with Gasteiger partial charge in [-0.05, 0) is 37.8 Å². The minimum atomic E-state index is 0.476. The smallest absolute Gasteiger partial charge is 0.239 e. The molecule has 0 aliphatic carbocycles. The summed E-state index contributed by atoms with van der Waals surface area (Å²) in [5.74, 6) is 7.65. The van der Waals surface area contributed by atoms with Crippen LogP contribution in [-0.4, -0.2) is 22.6 Å². The molecule has 2 unspecified atom stereocenters. The number of rotatable bonds is 2. The second-order valence-electron chi connectivity index (χ2n) is 5.59. The van der Waals surface area contributed by atoms with E-state index in [1.807, 2.05) is 18.2 Å². The van der Waals surface area contributed by atoms with Gasteiger partial charge in [0.25, 0.3) is 0 Å². The van der Waals surface area contributed by atoms with Crippen LogP contribution in [0.1, 0.15) is 26.7 Å². The fraction of sp³-hybridized carbons (Fsp3) is 0.467. The molecule has 0 amide bonds. The Morgan fingerprint density at radius 1 is 1.25 bits per heavy atom. The number of nitrogen functional groups attached to an aromatic ring is 1. The molecule has 0 bridgehead atoms. The van der Waals surface area contributed by atoms with Crippen molar-refractivity contribution in [1.82, 2.24) is 9.97 Å². The van der Waals surface area contributed by atoms with Gasteiger partial charge < -0.3 is 4.90 Å². The summed E-state index contributed by atoms with van der Waals surface area (Å²) in [4.78, 5) is 11.4. The van der Waals surface area contributed by atoms with Crippen molar-refractivity contribution in [3.8, 4) is 0 Å². The molecule has 0 saturated carbocycles. The van der Waals surface area contributed by atoms with Gasteiger partial charge in [0, 0.05) is 18.0 Å². The van der Waals surface area contributed by atoms with Crippen molar-refractivity contribution in [3.05, 3.63) is 24.3 Å². The van der Waals surface area contributed by atoms with Crippen LogP contribution in [0.25, 0.3) is 10.9 Å². The minimum absolute atomic E-state index is 0.476. The molecule has 1 saturated heterocycles. The van der Waals surface area contributed by atoms with Gasteiger partial charge in [-0.2, -0.15) is 4.98 Å². The molecule has 0 spiro atoms. The quantitative estimate of drug-likeness (QED) is 0.649. The van der Waals surface area contributed by atoms with E-state index in [4.69, 9.17) is 5.84 Å². The summed E-state index contributed by atoms with van der Waals surface area (Å²) >= 11 is 0. The zero-order chi connectivity index (χ0) is 14.1. The van der Waals surface area contributed by atoms with Crippen molar-refractivity contribution < 1.29 is 0 Å². The fourth-order valence-electron chi connectivity index (χ4n) is 2.98. The first-order chi connectivity index (χ1) is 9.70. The van der Waals surface area contributed by atoms with Gasteiger partial charge >= 0.3 is 0 Å². The number of anilines is 2. The first-order valence-electron chi connectivity index (χ1n) is 7.20. The SMILES string of the molecule is CC1CCCN(c2nc(NN)nc3ccccc23)C1C. The van der Waals surface area contributed by atoms with Crippen molar-refractivity contribution >= 4 is 22.7 Å². The predicted octanol–water partition coefficient (Wildman–Crippen LogP) is 2.54. The molecule has 106 valence electrons. The molecule has 2 atom stereocenters. The molecular weight excluding hydrogens is 250 g/mol. The van der Waals surface area contributed by atoms with Gasteiger partial charge in [-0.25, -0.2) is 10.8 Å². The van der Waals surface area contributed by atoms with Gasteiger partial charge in [0.1, 0.15) is 5.82 Å². The molecule has 1 aliphatic rings. The highest BCUT2D eigenvalue weighted by molar-refractivity contribution is 5.90. The summed E-state index contributed by atoms with van der Waals surface area (Å²) in [5.41, 5.74) is 3.50. The third kappa shape index (κ3) is 2.18. The van der Waals surface area contributed by atoms with Gasteiger partial charge in [0.15, 0.2) is 0 Å². The number of hydrogen-bond donors (Lipinski definition) is 2. The number of nitrogens with one attached hydrogen (secondary N) is 1. The Labute approximate surface area is 119 Å². The number of hydrazine groups is 1. The van der Waals surface area contributed by atoms with Crippen LogP contribution in [0.3, 0.4) is 0 Å². The number of nitrogens with two attached hydrogens (primary N) is 1. The molecule has 2 aromatic rings. The molecule has 1 fully saturated rings. The maximum atomic E-state index is 5.51. The second-order valence-corrected chi connectivity index (χ2v) is 5.59. The van der Waals surface area contributed by atoms with Gasteiger partial charge in [-0.3, -0.25) is 5.43 Å². The molecule has 5 heteroatoms. The van der Waals surface area contributed by atoms with Gasteiger partial charge in [-0.15, -0.1) is 0 Å².